The van der Waals surface area contributed by atoms with Crippen LogP contribution in [0.3, 0.4) is 0 Å². The van der Waals surface area contributed by atoms with Crippen LogP contribution in [0.1, 0.15) is 45.5 Å². The maximum atomic E-state index is 13.3. The summed E-state index contributed by atoms with van der Waals surface area (Å²) in [7, 11) is 0. The van der Waals surface area contributed by atoms with Crippen LogP contribution < -0.4 is 5.32 Å². The molecule has 2 aromatic rings. The first-order valence-electron chi connectivity index (χ1n) is 9.25. The molecule has 1 spiro atoms. The van der Waals surface area contributed by atoms with Crippen molar-refractivity contribution in [3.63, 3.8) is 0 Å². The van der Waals surface area contributed by atoms with Crippen LogP contribution in [0.4, 0.5) is 4.79 Å². The van der Waals surface area contributed by atoms with Gasteiger partial charge in [-0.15, -0.1) is 0 Å². The second kappa shape index (κ2) is 6.34. The van der Waals surface area contributed by atoms with Crippen LogP contribution >= 0.6 is 0 Å². The summed E-state index contributed by atoms with van der Waals surface area (Å²) in [6, 6.07) is 12.9. The van der Waals surface area contributed by atoms with Gasteiger partial charge >= 0.3 is 6.03 Å². The predicted molar refractivity (Wildman–Crippen MR) is 102 cm³/mol. The van der Waals surface area contributed by atoms with Crippen molar-refractivity contribution in [2.75, 3.05) is 6.54 Å². The molecule has 1 aliphatic heterocycles. The Balaban J connectivity index is 1.65. The highest BCUT2D eigenvalue weighted by atomic mass is 16.2. The van der Waals surface area contributed by atoms with Crippen molar-refractivity contribution < 1.29 is 14.4 Å². The van der Waals surface area contributed by atoms with Crippen LogP contribution in [0.15, 0.2) is 42.5 Å². The number of carbonyl (C=O) groups excluding carboxylic acids is 3. The van der Waals surface area contributed by atoms with Crippen molar-refractivity contribution in [1.82, 2.24) is 10.2 Å². The van der Waals surface area contributed by atoms with Gasteiger partial charge in [0.25, 0.3) is 5.91 Å². The average Bonchev–Trinajstić information content (AvgIpc) is 2.89. The summed E-state index contributed by atoms with van der Waals surface area (Å²) in [6.45, 7) is 3.54. The van der Waals surface area contributed by atoms with Crippen LogP contribution in [-0.2, 0) is 16.8 Å². The molecule has 2 aromatic carbocycles. The molecule has 1 aliphatic carbocycles. The molecule has 0 saturated carbocycles. The Kier molecular flexibility index (Phi) is 4.10. The molecule has 3 amide bonds. The predicted octanol–water partition coefficient (Wildman–Crippen LogP) is 3.27. The normalized spacial score (nSPS) is 21.3. The van der Waals surface area contributed by atoms with Crippen molar-refractivity contribution in [2.24, 2.45) is 0 Å². The SMILES string of the molecule is Cc1ccc(C)c(C(=O)CN2C(=O)N[C@]3(CCCc4ccccc43)C2=O)c1. The molecule has 5 nitrogen and oxygen atoms in total. The number of aryl methyl sites for hydroxylation is 3. The topological polar surface area (TPSA) is 66.5 Å². The van der Waals surface area contributed by atoms with E-state index >= 15 is 0 Å². The molecule has 2 aliphatic rings. The van der Waals surface area contributed by atoms with E-state index in [-0.39, 0.29) is 18.2 Å². The molecule has 0 radical (unpaired) electrons. The van der Waals surface area contributed by atoms with Gasteiger partial charge in [0.15, 0.2) is 5.78 Å². The number of ketones is 1. The third-order valence-electron chi connectivity index (χ3n) is 5.65. The van der Waals surface area contributed by atoms with Gasteiger partial charge in [-0.05, 0) is 55.9 Å². The highest BCUT2D eigenvalue weighted by Gasteiger charge is 2.54. The zero-order chi connectivity index (χ0) is 19.2. The third kappa shape index (κ3) is 2.74. The maximum Gasteiger partial charge on any atom is 0.325 e. The fourth-order valence-corrected chi connectivity index (χ4v) is 4.22. The average molecular weight is 362 g/mol. The second-order valence-electron chi connectivity index (χ2n) is 7.48. The molecule has 0 aromatic heterocycles. The lowest BCUT2D eigenvalue weighted by molar-refractivity contribution is -0.131. The van der Waals surface area contributed by atoms with Gasteiger partial charge in [0.05, 0.1) is 6.54 Å². The van der Waals surface area contributed by atoms with E-state index in [9.17, 15) is 14.4 Å². The van der Waals surface area contributed by atoms with Crippen molar-refractivity contribution in [3.05, 3.63) is 70.3 Å². The zero-order valence-corrected chi connectivity index (χ0v) is 15.5. The van der Waals surface area contributed by atoms with E-state index in [4.69, 9.17) is 0 Å². The summed E-state index contributed by atoms with van der Waals surface area (Å²) in [4.78, 5) is 39.8. The number of fused-ring (bicyclic) bond motifs is 2. The largest absolute Gasteiger partial charge is 0.325 e. The smallest absolute Gasteiger partial charge is 0.319 e. The summed E-state index contributed by atoms with van der Waals surface area (Å²) in [5.74, 6) is -0.542. The Morgan fingerprint density at radius 2 is 1.93 bits per heavy atom. The Bertz CT molecular complexity index is 966. The molecular formula is C22H22N2O3. The minimum Gasteiger partial charge on any atom is -0.319 e. The fourth-order valence-electron chi connectivity index (χ4n) is 4.22. The van der Waals surface area contributed by atoms with Crippen molar-refractivity contribution >= 4 is 17.7 Å². The van der Waals surface area contributed by atoms with E-state index < -0.39 is 11.6 Å². The molecule has 5 heteroatoms. The van der Waals surface area contributed by atoms with Gasteiger partial charge in [-0.2, -0.15) is 0 Å². The number of carbonyl (C=O) groups is 3. The number of hydrogen-bond donors (Lipinski definition) is 1. The summed E-state index contributed by atoms with van der Waals surface area (Å²) in [6.07, 6.45) is 2.27. The van der Waals surface area contributed by atoms with Crippen molar-refractivity contribution in [2.45, 2.75) is 38.6 Å². The van der Waals surface area contributed by atoms with Gasteiger partial charge in [-0.25, -0.2) is 4.79 Å². The molecule has 1 atom stereocenters. The number of Topliss-reactive ketones (excluding diaryl/α,β-unsaturated/α-hetero) is 1. The molecule has 138 valence electrons. The minimum atomic E-state index is -1.03. The standard InChI is InChI=1S/C22H22N2O3/c1-14-9-10-15(2)17(12-14)19(25)13-24-20(26)22(23-21(24)27)11-5-7-16-6-3-4-8-18(16)22/h3-4,6,8-10,12H,5,7,11,13H2,1-2H3,(H,23,27)/t22-/m0/s1. The first-order chi connectivity index (χ1) is 12.9. The molecule has 4 rings (SSSR count). The number of urea groups is 1. The van der Waals surface area contributed by atoms with E-state index in [1.54, 1.807) is 0 Å². The number of imide groups is 1. The Morgan fingerprint density at radius 1 is 1.15 bits per heavy atom. The molecular weight excluding hydrogens is 340 g/mol. The zero-order valence-electron chi connectivity index (χ0n) is 15.5. The third-order valence-corrected chi connectivity index (χ3v) is 5.65. The van der Waals surface area contributed by atoms with E-state index in [0.29, 0.717) is 12.0 Å². The lowest BCUT2D eigenvalue weighted by Gasteiger charge is -2.33. The number of amides is 3. The second-order valence-corrected chi connectivity index (χ2v) is 7.48. The van der Waals surface area contributed by atoms with E-state index in [2.05, 4.69) is 5.32 Å². The summed E-state index contributed by atoms with van der Waals surface area (Å²) < 4.78 is 0. The number of hydrogen-bond acceptors (Lipinski definition) is 3. The van der Waals surface area contributed by atoms with Crippen LogP contribution in [0, 0.1) is 13.8 Å². The van der Waals surface area contributed by atoms with Gasteiger partial charge in [-0.1, -0.05) is 42.0 Å². The van der Waals surface area contributed by atoms with Gasteiger partial charge in [0.2, 0.25) is 0 Å². The molecule has 27 heavy (non-hydrogen) atoms. The van der Waals surface area contributed by atoms with Crippen LogP contribution in [0.25, 0.3) is 0 Å². The lowest BCUT2D eigenvalue weighted by Crippen LogP contribution is -2.46. The van der Waals surface area contributed by atoms with Gasteiger partial charge in [-0.3, -0.25) is 14.5 Å². The Hall–Kier alpha value is -2.95. The summed E-state index contributed by atoms with van der Waals surface area (Å²) in [5, 5.41) is 2.89. The molecule has 1 fully saturated rings. The number of nitrogens with zero attached hydrogens (tertiary/aromatic N) is 1. The summed E-state index contributed by atoms with van der Waals surface area (Å²) in [5.41, 5.74) is 3.28. The van der Waals surface area contributed by atoms with Crippen molar-refractivity contribution in [1.29, 1.82) is 0 Å². The maximum absolute atomic E-state index is 13.3. The van der Waals surface area contributed by atoms with E-state index in [0.717, 1.165) is 40.0 Å². The van der Waals surface area contributed by atoms with Crippen LogP contribution in [0.2, 0.25) is 0 Å². The Labute approximate surface area is 158 Å². The highest BCUT2D eigenvalue weighted by Crippen LogP contribution is 2.39. The molecule has 0 unspecified atom stereocenters. The lowest BCUT2D eigenvalue weighted by atomic mass is 9.76. The van der Waals surface area contributed by atoms with Crippen LogP contribution in [0.5, 0.6) is 0 Å². The number of benzene rings is 2. The fraction of sp³-hybridized carbons (Fsp3) is 0.318. The minimum absolute atomic E-state index is 0.221. The van der Waals surface area contributed by atoms with Gasteiger partial charge < -0.3 is 5.32 Å². The van der Waals surface area contributed by atoms with E-state index in [1.165, 1.54) is 0 Å². The number of rotatable bonds is 3. The Morgan fingerprint density at radius 3 is 2.74 bits per heavy atom. The van der Waals surface area contributed by atoms with Gasteiger partial charge in [0, 0.05) is 5.56 Å². The molecule has 0 bridgehead atoms. The molecule has 1 saturated heterocycles. The molecule has 1 heterocycles. The van der Waals surface area contributed by atoms with E-state index in [1.807, 2.05) is 56.3 Å². The molecule has 1 N–H and O–H groups in total. The van der Waals surface area contributed by atoms with Gasteiger partial charge in [0.1, 0.15) is 5.54 Å². The van der Waals surface area contributed by atoms with Crippen LogP contribution in [-0.4, -0.2) is 29.2 Å². The monoisotopic (exact) mass is 362 g/mol. The summed E-state index contributed by atoms with van der Waals surface area (Å²) >= 11 is 0. The number of nitrogens with one attached hydrogen (secondary N) is 1. The first kappa shape index (κ1) is 17.5. The first-order valence-corrected chi connectivity index (χ1v) is 9.25. The highest BCUT2D eigenvalue weighted by molar-refractivity contribution is 6.11. The quantitative estimate of drug-likeness (QED) is 0.673. The van der Waals surface area contributed by atoms with Crippen molar-refractivity contribution in [3.8, 4) is 0 Å².